The van der Waals surface area contributed by atoms with E-state index in [1.165, 1.54) is 22.5 Å². The van der Waals surface area contributed by atoms with E-state index >= 15 is 0 Å². The van der Waals surface area contributed by atoms with E-state index in [9.17, 15) is 0 Å². The molecule has 1 N–H and O–H groups in total. The molecule has 5 heteroatoms. The number of nitrogens with zero attached hydrogens (tertiary/aromatic N) is 2. The zero-order chi connectivity index (χ0) is 10.7. The third kappa shape index (κ3) is 2.76. The van der Waals surface area contributed by atoms with Crippen LogP contribution in [-0.2, 0) is 6.54 Å². The van der Waals surface area contributed by atoms with Crippen LogP contribution in [0.15, 0.2) is 28.2 Å². The summed E-state index contributed by atoms with van der Waals surface area (Å²) in [5.74, 6) is 0. The molecule has 0 aliphatic heterocycles. The Bertz CT molecular complexity index is 442. The number of aryl methyl sites for hydroxylation is 1. The number of anilines is 1. The van der Waals surface area contributed by atoms with Gasteiger partial charge in [0.05, 0.1) is 0 Å². The van der Waals surface area contributed by atoms with E-state index in [0.29, 0.717) is 0 Å². The van der Waals surface area contributed by atoms with Gasteiger partial charge >= 0.3 is 0 Å². The van der Waals surface area contributed by atoms with Gasteiger partial charge in [-0.05, 0) is 24.1 Å². The van der Waals surface area contributed by atoms with Crippen molar-refractivity contribution in [2.75, 3.05) is 5.32 Å². The lowest BCUT2D eigenvalue weighted by molar-refractivity contribution is 1.05. The molecule has 0 aliphatic carbocycles. The lowest BCUT2D eigenvalue weighted by Crippen LogP contribution is -1.99. The van der Waals surface area contributed by atoms with Crippen LogP contribution >= 0.6 is 27.3 Å². The highest BCUT2D eigenvalue weighted by Crippen LogP contribution is 2.18. The first-order valence-corrected chi connectivity index (χ1v) is 6.18. The molecule has 78 valence electrons. The van der Waals surface area contributed by atoms with Crippen molar-refractivity contribution in [2.24, 2.45) is 0 Å². The molecule has 1 heterocycles. The molecule has 0 spiro atoms. The largest absolute Gasteiger partial charge is 0.356 e. The second-order valence-corrected chi connectivity index (χ2v) is 4.87. The Kier molecular flexibility index (Phi) is 3.33. The van der Waals surface area contributed by atoms with Gasteiger partial charge in [-0.25, -0.2) is 0 Å². The maximum absolute atomic E-state index is 3.92. The summed E-state index contributed by atoms with van der Waals surface area (Å²) < 4.78 is 1.14. The molecule has 0 aliphatic rings. The fraction of sp³-hybridized carbons (Fsp3) is 0.200. The summed E-state index contributed by atoms with van der Waals surface area (Å²) in [4.78, 5) is 0. The highest BCUT2D eigenvalue weighted by Gasteiger charge is 1.99. The van der Waals surface area contributed by atoms with Gasteiger partial charge in [0.15, 0.2) is 0 Å². The van der Waals surface area contributed by atoms with Crippen LogP contribution in [0.25, 0.3) is 0 Å². The molecule has 0 saturated heterocycles. The van der Waals surface area contributed by atoms with E-state index in [1.807, 2.05) is 0 Å². The number of rotatable bonds is 3. The molecule has 0 bridgehead atoms. The first-order chi connectivity index (χ1) is 7.25. The van der Waals surface area contributed by atoms with Gasteiger partial charge in [-0.3, -0.25) is 0 Å². The Labute approximate surface area is 101 Å². The van der Waals surface area contributed by atoms with Crippen LogP contribution < -0.4 is 5.32 Å². The number of hydrogen-bond acceptors (Lipinski definition) is 4. The number of benzene rings is 1. The van der Waals surface area contributed by atoms with E-state index in [-0.39, 0.29) is 0 Å². The summed E-state index contributed by atoms with van der Waals surface area (Å²) >= 11 is 4.99. The van der Waals surface area contributed by atoms with Crippen molar-refractivity contribution < 1.29 is 0 Å². The highest BCUT2D eigenvalue weighted by molar-refractivity contribution is 9.10. The second kappa shape index (κ2) is 4.72. The molecule has 2 rings (SSSR count). The molecular weight excluding hydrogens is 274 g/mol. The van der Waals surface area contributed by atoms with E-state index in [4.69, 9.17) is 0 Å². The molecule has 0 saturated carbocycles. The minimum atomic E-state index is 0.781. The van der Waals surface area contributed by atoms with E-state index in [1.54, 1.807) is 5.51 Å². The second-order valence-electron chi connectivity index (χ2n) is 3.18. The first-order valence-electron chi connectivity index (χ1n) is 4.51. The van der Waals surface area contributed by atoms with Crippen LogP contribution in [0.2, 0.25) is 0 Å². The molecule has 0 unspecified atom stereocenters. The van der Waals surface area contributed by atoms with Gasteiger partial charge in [-0.2, -0.15) is 0 Å². The Hall–Kier alpha value is -0.940. The van der Waals surface area contributed by atoms with Crippen molar-refractivity contribution in [3.63, 3.8) is 0 Å². The van der Waals surface area contributed by atoms with E-state index < -0.39 is 0 Å². The molecule has 0 atom stereocenters. The maximum atomic E-state index is 3.92. The number of nitrogens with one attached hydrogen (secondary N) is 1. The number of aromatic nitrogens is 2. The monoisotopic (exact) mass is 283 g/mol. The predicted molar refractivity (Wildman–Crippen MR) is 66.1 cm³/mol. The van der Waals surface area contributed by atoms with Crippen molar-refractivity contribution in [1.29, 1.82) is 0 Å². The molecule has 2 aromatic rings. The summed E-state index contributed by atoms with van der Waals surface area (Å²) in [7, 11) is 0. The van der Waals surface area contributed by atoms with E-state index in [2.05, 4.69) is 56.6 Å². The molecule has 0 amide bonds. The third-order valence-electron chi connectivity index (χ3n) is 2.03. The SMILES string of the molecule is Cc1cc(CNc2nncs2)ccc1Br. The Balaban J connectivity index is 2.02. The smallest absolute Gasteiger partial charge is 0.205 e. The van der Waals surface area contributed by atoms with Crippen molar-refractivity contribution in [3.8, 4) is 0 Å². The third-order valence-corrected chi connectivity index (χ3v) is 3.56. The lowest BCUT2D eigenvalue weighted by atomic mass is 10.1. The van der Waals surface area contributed by atoms with Crippen molar-refractivity contribution in [1.82, 2.24) is 10.2 Å². The molecule has 0 radical (unpaired) electrons. The maximum Gasteiger partial charge on any atom is 0.205 e. The minimum Gasteiger partial charge on any atom is -0.356 e. The normalized spacial score (nSPS) is 10.3. The van der Waals surface area contributed by atoms with Crippen molar-refractivity contribution in [2.45, 2.75) is 13.5 Å². The highest BCUT2D eigenvalue weighted by atomic mass is 79.9. The van der Waals surface area contributed by atoms with Crippen LogP contribution in [0.3, 0.4) is 0 Å². The quantitative estimate of drug-likeness (QED) is 0.940. The minimum absolute atomic E-state index is 0.781. The fourth-order valence-electron chi connectivity index (χ4n) is 1.24. The van der Waals surface area contributed by atoms with Crippen LogP contribution in [0, 0.1) is 6.92 Å². The molecule has 1 aromatic heterocycles. The van der Waals surface area contributed by atoms with Gasteiger partial charge in [0.25, 0.3) is 0 Å². The topological polar surface area (TPSA) is 37.8 Å². The Morgan fingerprint density at radius 3 is 3.00 bits per heavy atom. The summed E-state index contributed by atoms with van der Waals surface area (Å²) in [6, 6.07) is 6.30. The zero-order valence-electron chi connectivity index (χ0n) is 8.20. The van der Waals surface area contributed by atoms with Gasteiger partial charge in [-0.15, -0.1) is 10.2 Å². The van der Waals surface area contributed by atoms with Gasteiger partial charge in [-0.1, -0.05) is 39.4 Å². The van der Waals surface area contributed by atoms with Crippen LogP contribution in [0.5, 0.6) is 0 Å². The zero-order valence-corrected chi connectivity index (χ0v) is 10.6. The summed E-state index contributed by atoms with van der Waals surface area (Å²) in [6.07, 6.45) is 0. The summed E-state index contributed by atoms with van der Waals surface area (Å²) in [5, 5.41) is 11.8. The lowest BCUT2D eigenvalue weighted by Gasteiger charge is -2.04. The standard InChI is InChI=1S/C10H10BrN3S/c1-7-4-8(2-3-9(7)11)5-12-10-14-13-6-15-10/h2-4,6H,5H2,1H3,(H,12,14). The predicted octanol–water partition coefficient (Wildman–Crippen LogP) is 3.22. The van der Waals surface area contributed by atoms with Crippen LogP contribution in [0.4, 0.5) is 5.13 Å². The number of halogens is 1. The number of hydrogen-bond donors (Lipinski definition) is 1. The average molecular weight is 284 g/mol. The Morgan fingerprint density at radius 2 is 2.33 bits per heavy atom. The van der Waals surface area contributed by atoms with Crippen molar-refractivity contribution in [3.05, 3.63) is 39.3 Å². The van der Waals surface area contributed by atoms with E-state index in [0.717, 1.165) is 16.1 Å². The van der Waals surface area contributed by atoms with Gasteiger partial charge in [0.2, 0.25) is 5.13 Å². The first kappa shape index (κ1) is 10.6. The molecule has 3 nitrogen and oxygen atoms in total. The molecular formula is C10H10BrN3S. The van der Waals surface area contributed by atoms with Crippen molar-refractivity contribution >= 4 is 32.4 Å². The van der Waals surface area contributed by atoms with Gasteiger partial charge < -0.3 is 5.32 Å². The summed E-state index contributed by atoms with van der Waals surface area (Å²) in [6.45, 7) is 2.86. The fourth-order valence-corrected chi connectivity index (χ4v) is 1.94. The van der Waals surface area contributed by atoms with Crippen LogP contribution in [0.1, 0.15) is 11.1 Å². The van der Waals surface area contributed by atoms with Gasteiger partial charge in [0.1, 0.15) is 5.51 Å². The van der Waals surface area contributed by atoms with Gasteiger partial charge in [0, 0.05) is 11.0 Å². The average Bonchev–Trinajstić information content (AvgIpc) is 2.73. The molecule has 1 aromatic carbocycles. The molecule has 0 fully saturated rings. The Morgan fingerprint density at radius 1 is 1.47 bits per heavy atom. The molecule has 15 heavy (non-hydrogen) atoms. The summed E-state index contributed by atoms with van der Waals surface area (Å²) in [5.41, 5.74) is 4.20. The van der Waals surface area contributed by atoms with Crippen LogP contribution in [-0.4, -0.2) is 10.2 Å².